The predicted octanol–water partition coefficient (Wildman–Crippen LogP) is 4.07. The van der Waals surface area contributed by atoms with Crippen molar-refractivity contribution in [2.75, 3.05) is 12.4 Å². The van der Waals surface area contributed by atoms with Crippen LogP contribution in [0.4, 0.5) is 4.79 Å². The zero-order valence-electron chi connectivity index (χ0n) is 19.2. The van der Waals surface area contributed by atoms with Crippen LogP contribution in [0.25, 0.3) is 11.1 Å². The van der Waals surface area contributed by atoms with Crippen LogP contribution in [0.5, 0.6) is 0 Å². The topological polar surface area (TPSA) is 95.9 Å². The molecule has 0 spiro atoms. The number of hydrogen-bond donors (Lipinski definition) is 2. The molecule has 0 bridgehead atoms. The van der Waals surface area contributed by atoms with Gasteiger partial charge in [-0.3, -0.25) is 4.79 Å². The fourth-order valence-electron chi connectivity index (χ4n) is 5.25. The number of rotatable bonds is 6. The molecule has 1 heterocycles. The van der Waals surface area contributed by atoms with Crippen molar-refractivity contribution in [1.29, 1.82) is 0 Å². The van der Waals surface area contributed by atoms with Crippen LogP contribution in [0, 0.1) is 5.92 Å². The van der Waals surface area contributed by atoms with Crippen molar-refractivity contribution in [1.82, 2.24) is 10.2 Å². The van der Waals surface area contributed by atoms with Gasteiger partial charge in [0.15, 0.2) is 0 Å². The van der Waals surface area contributed by atoms with E-state index in [2.05, 4.69) is 29.6 Å². The molecule has 3 unspecified atom stereocenters. The van der Waals surface area contributed by atoms with Gasteiger partial charge in [-0.1, -0.05) is 48.5 Å². The molecule has 178 valence electrons. The summed E-state index contributed by atoms with van der Waals surface area (Å²) in [6, 6.07) is 15.3. The quantitative estimate of drug-likeness (QED) is 0.647. The van der Waals surface area contributed by atoms with E-state index >= 15 is 0 Å². The van der Waals surface area contributed by atoms with Gasteiger partial charge in [0.25, 0.3) is 0 Å². The van der Waals surface area contributed by atoms with Crippen molar-refractivity contribution in [2.24, 2.45) is 5.92 Å². The fraction of sp³-hybridized carbons (Fsp3) is 0.423. The number of thioether (sulfide) groups is 1. The average molecular weight is 481 g/mol. The molecule has 7 nitrogen and oxygen atoms in total. The highest BCUT2D eigenvalue weighted by atomic mass is 32.2. The molecule has 5 rings (SSSR count). The first-order valence-corrected chi connectivity index (χ1v) is 12.7. The molecule has 8 heteroatoms. The molecular weight excluding hydrogens is 452 g/mol. The summed E-state index contributed by atoms with van der Waals surface area (Å²) in [6.45, 7) is 3.68. The van der Waals surface area contributed by atoms with Gasteiger partial charge >= 0.3 is 12.1 Å². The monoisotopic (exact) mass is 480 g/mol. The lowest BCUT2D eigenvalue weighted by molar-refractivity contribution is -0.152. The number of nitrogens with one attached hydrogen (secondary N) is 1. The second-order valence-corrected chi connectivity index (χ2v) is 10.8. The van der Waals surface area contributed by atoms with Crippen LogP contribution in [-0.2, 0) is 14.3 Å². The van der Waals surface area contributed by atoms with E-state index in [9.17, 15) is 19.5 Å². The summed E-state index contributed by atoms with van der Waals surface area (Å²) in [5.41, 5.74) is 3.32. The van der Waals surface area contributed by atoms with Crippen molar-refractivity contribution in [3.63, 3.8) is 0 Å². The second kappa shape index (κ2) is 8.65. The summed E-state index contributed by atoms with van der Waals surface area (Å²) < 4.78 is 5.68. The number of carbonyl (C=O) groups is 3. The predicted molar refractivity (Wildman–Crippen MR) is 130 cm³/mol. The van der Waals surface area contributed by atoms with E-state index in [4.69, 9.17) is 4.74 Å². The van der Waals surface area contributed by atoms with Gasteiger partial charge in [0.2, 0.25) is 5.91 Å². The largest absolute Gasteiger partial charge is 0.480 e. The van der Waals surface area contributed by atoms with Crippen LogP contribution >= 0.6 is 11.8 Å². The molecule has 34 heavy (non-hydrogen) atoms. The van der Waals surface area contributed by atoms with E-state index in [1.807, 2.05) is 31.2 Å². The number of ether oxygens (including phenoxy) is 1. The maximum Gasteiger partial charge on any atom is 0.408 e. The van der Waals surface area contributed by atoms with Crippen molar-refractivity contribution >= 4 is 29.7 Å². The van der Waals surface area contributed by atoms with E-state index in [1.54, 1.807) is 6.92 Å². The van der Waals surface area contributed by atoms with E-state index < -0.39 is 23.6 Å². The Bertz CT molecular complexity index is 1100. The van der Waals surface area contributed by atoms with Crippen molar-refractivity contribution in [2.45, 2.75) is 49.6 Å². The van der Waals surface area contributed by atoms with Crippen LogP contribution < -0.4 is 5.32 Å². The molecule has 0 aromatic heterocycles. The van der Waals surface area contributed by atoms with Gasteiger partial charge in [0.1, 0.15) is 18.2 Å². The standard InChI is InChI=1S/C26H28N2O5S/c1-15-28(22(14-34-15)23(29)30)24(31)26(2,16-11-12-16)27-25(32)33-13-21-19-9-5-3-7-17(19)18-8-4-6-10-20(18)21/h3-10,15-16,21-22H,11-14H2,1-2H3,(H,27,32)(H,29,30). The molecular formula is C26H28N2O5S. The number of carboxylic acids is 1. The minimum absolute atomic E-state index is 0.0345. The summed E-state index contributed by atoms with van der Waals surface area (Å²) in [6.07, 6.45) is 0.953. The average Bonchev–Trinajstić information content (AvgIpc) is 3.55. The minimum Gasteiger partial charge on any atom is -0.480 e. The van der Waals surface area contributed by atoms with Gasteiger partial charge < -0.3 is 20.1 Å². The summed E-state index contributed by atoms with van der Waals surface area (Å²) in [5, 5.41) is 12.2. The smallest absolute Gasteiger partial charge is 0.408 e. The molecule has 1 aliphatic heterocycles. The Labute approximate surface area is 202 Å². The van der Waals surface area contributed by atoms with Gasteiger partial charge in [0, 0.05) is 11.7 Å². The van der Waals surface area contributed by atoms with Crippen molar-refractivity contribution < 1.29 is 24.2 Å². The first-order chi connectivity index (χ1) is 16.3. The summed E-state index contributed by atoms with van der Waals surface area (Å²) in [5.74, 6) is -1.15. The number of benzene rings is 2. The Morgan fingerprint density at radius 1 is 1.09 bits per heavy atom. The Morgan fingerprint density at radius 3 is 2.24 bits per heavy atom. The Balaban J connectivity index is 1.32. The third-order valence-corrected chi connectivity index (χ3v) is 8.50. The van der Waals surface area contributed by atoms with Crippen LogP contribution in [-0.4, -0.2) is 57.3 Å². The molecule has 2 N–H and O–H groups in total. The Kier molecular flexibility index (Phi) is 5.80. The van der Waals surface area contributed by atoms with Gasteiger partial charge in [0.05, 0.1) is 5.37 Å². The number of nitrogens with zero attached hydrogens (tertiary/aromatic N) is 1. The number of amides is 2. The number of carbonyl (C=O) groups excluding carboxylic acids is 2. The van der Waals surface area contributed by atoms with E-state index in [1.165, 1.54) is 16.7 Å². The third kappa shape index (κ3) is 3.83. The van der Waals surface area contributed by atoms with Gasteiger partial charge in [-0.15, -0.1) is 11.8 Å². The number of carboxylic acid groups (broad SMARTS) is 1. The molecule has 1 saturated carbocycles. The maximum absolute atomic E-state index is 13.6. The number of alkyl carbamates (subject to hydrolysis) is 1. The molecule has 0 radical (unpaired) electrons. The zero-order valence-corrected chi connectivity index (χ0v) is 20.0. The summed E-state index contributed by atoms with van der Waals surface area (Å²) >= 11 is 1.43. The van der Waals surface area contributed by atoms with Crippen molar-refractivity contribution in [3.05, 3.63) is 59.7 Å². The van der Waals surface area contributed by atoms with E-state index in [0.29, 0.717) is 5.75 Å². The van der Waals surface area contributed by atoms with E-state index in [0.717, 1.165) is 35.1 Å². The van der Waals surface area contributed by atoms with Crippen LogP contribution in [0.3, 0.4) is 0 Å². The third-order valence-electron chi connectivity index (χ3n) is 7.29. The second-order valence-electron chi connectivity index (χ2n) is 9.43. The molecule has 2 aliphatic carbocycles. The number of hydrogen-bond acceptors (Lipinski definition) is 5. The van der Waals surface area contributed by atoms with Gasteiger partial charge in [-0.2, -0.15) is 0 Å². The zero-order chi connectivity index (χ0) is 24.0. The fourth-order valence-corrected chi connectivity index (χ4v) is 6.41. The molecule has 3 atom stereocenters. The number of fused-ring (bicyclic) bond motifs is 3. The first kappa shape index (κ1) is 22.8. The SMILES string of the molecule is CC1SCC(C(=O)O)N1C(=O)C(C)(NC(=O)OCC1c2ccccc2-c2ccccc21)C1CC1. The molecule has 2 aromatic rings. The first-order valence-electron chi connectivity index (χ1n) is 11.6. The molecule has 1 saturated heterocycles. The molecule has 2 aromatic carbocycles. The molecule has 2 fully saturated rings. The molecule has 2 amide bonds. The Morgan fingerprint density at radius 2 is 1.68 bits per heavy atom. The van der Waals surface area contributed by atoms with E-state index in [-0.39, 0.29) is 29.7 Å². The highest BCUT2D eigenvalue weighted by molar-refractivity contribution is 8.00. The van der Waals surface area contributed by atoms with Crippen LogP contribution in [0.2, 0.25) is 0 Å². The lowest BCUT2D eigenvalue weighted by Gasteiger charge is -2.36. The summed E-state index contributed by atoms with van der Waals surface area (Å²) in [7, 11) is 0. The van der Waals surface area contributed by atoms with Gasteiger partial charge in [-0.25, -0.2) is 9.59 Å². The highest BCUT2D eigenvalue weighted by Crippen LogP contribution is 2.45. The number of aliphatic carboxylic acids is 1. The highest BCUT2D eigenvalue weighted by Gasteiger charge is 2.54. The minimum atomic E-state index is -1.20. The van der Waals surface area contributed by atoms with Gasteiger partial charge in [-0.05, 0) is 54.9 Å². The van der Waals surface area contributed by atoms with Crippen molar-refractivity contribution in [3.8, 4) is 11.1 Å². The summed E-state index contributed by atoms with van der Waals surface area (Å²) in [4.78, 5) is 39.7. The lowest BCUT2D eigenvalue weighted by Crippen LogP contribution is -2.62. The molecule has 3 aliphatic rings. The Hall–Kier alpha value is -3.00. The normalized spacial score (nSPS) is 23.1. The lowest BCUT2D eigenvalue weighted by atomic mass is 9.93. The van der Waals surface area contributed by atoms with Crippen LogP contribution in [0.1, 0.15) is 43.7 Å². The van der Waals surface area contributed by atoms with Crippen LogP contribution in [0.15, 0.2) is 48.5 Å². The maximum atomic E-state index is 13.6.